The number of hydrogen-bond acceptors (Lipinski definition) is 2. The average Bonchev–Trinajstić information content (AvgIpc) is 2.74. The summed E-state index contributed by atoms with van der Waals surface area (Å²) >= 11 is 0. The van der Waals surface area contributed by atoms with E-state index in [9.17, 15) is 5.11 Å². The molecule has 2 saturated carbocycles. The Morgan fingerprint density at radius 1 is 1.21 bits per heavy atom. The van der Waals surface area contributed by atoms with Crippen LogP contribution in [0.2, 0.25) is 0 Å². The van der Waals surface area contributed by atoms with Gasteiger partial charge < -0.3 is 10.4 Å². The van der Waals surface area contributed by atoms with Crippen LogP contribution in [0.4, 0.5) is 0 Å². The maximum absolute atomic E-state index is 9.71. The number of aliphatic hydroxyl groups is 1. The zero-order chi connectivity index (χ0) is 14.3. The van der Waals surface area contributed by atoms with Crippen LogP contribution in [0.15, 0.2) is 0 Å². The zero-order valence-electron chi connectivity index (χ0n) is 13.6. The lowest BCUT2D eigenvalue weighted by molar-refractivity contribution is 0.0829. The van der Waals surface area contributed by atoms with Crippen molar-refractivity contribution in [2.75, 3.05) is 13.2 Å². The fourth-order valence-electron chi connectivity index (χ4n) is 4.63. The second-order valence-electron chi connectivity index (χ2n) is 7.91. The fraction of sp³-hybridized carbons (Fsp3) is 1.00. The third-order valence-corrected chi connectivity index (χ3v) is 7.35. The molecule has 0 spiro atoms. The lowest BCUT2D eigenvalue weighted by Crippen LogP contribution is -2.48. The van der Waals surface area contributed by atoms with Gasteiger partial charge in [0.15, 0.2) is 0 Å². The molecule has 2 heteroatoms. The molecule has 2 nitrogen and oxygen atoms in total. The predicted octanol–water partition coefficient (Wildman–Crippen LogP) is 3.59. The van der Waals surface area contributed by atoms with Gasteiger partial charge >= 0.3 is 0 Å². The molecule has 2 rings (SSSR count). The third-order valence-electron chi connectivity index (χ3n) is 7.35. The number of rotatable bonds is 6. The Morgan fingerprint density at radius 2 is 1.84 bits per heavy atom. The second-order valence-corrected chi connectivity index (χ2v) is 7.91. The molecule has 2 aliphatic carbocycles. The molecule has 0 radical (unpaired) electrons. The minimum Gasteiger partial charge on any atom is -0.396 e. The summed E-state index contributed by atoms with van der Waals surface area (Å²) in [5.41, 5.74) is 1.01. The van der Waals surface area contributed by atoms with Crippen molar-refractivity contribution in [2.45, 2.75) is 72.8 Å². The van der Waals surface area contributed by atoms with Crippen molar-refractivity contribution in [3.8, 4) is 0 Å². The smallest absolute Gasteiger partial charge is 0.0499 e. The summed E-state index contributed by atoms with van der Waals surface area (Å²) in [6, 6.07) is 0.644. The Bertz CT molecular complexity index is 313. The highest BCUT2D eigenvalue weighted by atomic mass is 16.3. The van der Waals surface area contributed by atoms with E-state index in [1.54, 1.807) is 0 Å². The minimum absolute atomic E-state index is 0.0857. The summed E-state index contributed by atoms with van der Waals surface area (Å²) in [6.07, 6.45) is 6.23. The summed E-state index contributed by atoms with van der Waals surface area (Å²) < 4.78 is 0. The van der Waals surface area contributed by atoms with Gasteiger partial charge in [-0.25, -0.2) is 0 Å². The Morgan fingerprint density at radius 3 is 2.21 bits per heavy atom. The van der Waals surface area contributed by atoms with Crippen molar-refractivity contribution in [1.29, 1.82) is 0 Å². The standard InChI is InChI=1S/C17H33NO/c1-6-17(7-2,12-19)11-18-14-10-13-8-9-16(14,5)15(13,3)4/h13-14,18-19H,6-12H2,1-5H3. The van der Waals surface area contributed by atoms with Gasteiger partial charge in [0.1, 0.15) is 0 Å². The van der Waals surface area contributed by atoms with Gasteiger partial charge in [0.25, 0.3) is 0 Å². The lowest BCUT2D eigenvalue weighted by Gasteiger charge is -2.41. The molecule has 0 aromatic rings. The summed E-state index contributed by atoms with van der Waals surface area (Å²) in [5.74, 6) is 0.891. The molecule has 0 aromatic heterocycles. The summed E-state index contributed by atoms with van der Waals surface area (Å²) in [7, 11) is 0. The van der Waals surface area contributed by atoms with E-state index < -0.39 is 0 Å². The second kappa shape index (κ2) is 5.04. The van der Waals surface area contributed by atoms with Gasteiger partial charge in [-0.2, -0.15) is 0 Å². The van der Waals surface area contributed by atoms with Crippen LogP contribution in [0.1, 0.15) is 66.7 Å². The molecule has 0 heterocycles. The lowest BCUT2D eigenvalue weighted by atomic mass is 9.69. The van der Waals surface area contributed by atoms with Gasteiger partial charge in [-0.15, -0.1) is 0 Å². The largest absolute Gasteiger partial charge is 0.396 e. The van der Waals surface area contributed by atoms with Crippen LogP contribution < -0.4 is 5.32 Å². The third kappa shape index (κ3) is 2.15. The molecular formula is C17H33NO. The van der Waals surface area contributed by atoms with Crippen molar-refractivity contribution in [1.82, 2.24) is 5.32 Å². The summed E-state index contributed by atoms with van der Waals surface area (Å²) in [6.45, 7) is 13.1. The Hall–Kier alpha value is -0.0800. The molecule has 2 fully saturated rings. The van der Waals surface area contributed by atoms with Gasteiger partial charge in [-0.3, -0.25) is 0 Å². The van der Waals surface area contributed by atoms with Crippen LogP contribution in [0.25, 0.3) is 0 Å². The predicted molar refractivity (Wildman–Crippen MR) is 81.1 cm³/mol. The van der Waals surface area contributed by atoms with Crippen molar-refractivity contribution in [3.63, 3.8) is 0 Å². The van der Waals surface area contributed by atoms with E-state index in [1.807, 2.05) is 0 Å². The zero-order valence-corrected chi connectivity index (χ0v) is 13.6. The van der Waals surface area contributed by atoms with E-state index in [1.165, 1.54) is 19.3 Å². The average molecular weight is 267 g/mol. The molecule has 2 aliphatic rings. The van der Waals surface area contributed by atoms with Crippen LogP contribution >= 0.6 is 0 Å². The van der Waals surface area contributed by atoms with E-state index in [0.717, 1.165) is 25.3 Å². The van der Waals surface area contributed by atoms with Crippen LogP contribution in [0, 0.1) is 22.2 Å². The first-order valence-electron chi connectivity index (χ1n) is 8.19. The first-order chi connectivity index (χ1) is 8.85. The topological polar surface area (TPSA) is 32.3 Å². The molecule has 0 saturated heterocycles. The Balaban J connectivity index is 2.02. The van der Waals surface area contributed by atoms with Crippen molar-refractivity contribution >= 4 is 0 Å². The van der Waals surface area contributed by atoms with Gasteiger partial charge in [-0.05, 0) is 48.9 Å². The van der Waals surface area contributed by atoms with Crippen molar-refractivity contribution < 1.29 is 5.11 Å². The number of aliphatic hydroxyl groups excluding tert-OH is 1. The SMILES string of the molecule is CCC(CC)(CO)CNC1CC2CCC1(C)C2(C)C. The van der Waals surface area contributed by atoms with Gasteiger partial charge in [0.2, 0.25) is 0 Å². The Kier molecular flexibility index (Phi) is 4.06. The normalized spacial score (nSPS) is 36.9. The van der Waals surface area contributed by atoms with E-state index in [0.29, 0.717) is 23.5 Å². The minimum atomic E-state index is 0.0857. The number of fused-ring (bicyclic) bond motifs is 2. The maximum atomic E-state index is 9.71. The van der Waals surface area contributed by atoms with Gasteiger partial charge in [0, 0.05) is 24.6 Å². The fourth-order valence-corrected chi connectivity index (χ4v) is 4.63. The van der Waals surface area contributed by atoms with Crippen LogP contribution in [-0.2, 0) is 0 Å². The summed E-state index contributed by atoms with van der Waals surface area (Å²) in [5, 5.41) is 13.6. The molecular weight excluding hydrogens is 234 g/mol. The highest BCUT2D eigenvalue weighted by Crippen LogP contribution is 2.65. The monoisotopic (exact) mass is 267 g/mol. The first-order valence-corrected chi connectivity index (χ1v) is 8.19. The van der Waals surface area contributed by atoms with Crippen molar-refractivity contribution in [3.05, 3.63) is 0 Å². The Labute approximate surface area is 119 Å². The molecule has 0 aliphatic heterocycles. The maximum Gasteiger partial charge on any atom is 0.0499 e. The quantitative estimate of drug-likeness (QED) is 0.771. The van der Waals surface area contributed by atoms with Gasteiger partial charge in [-0.1, -0.05) is 34.6 Å². The van der Waals surface area contributed by atoms with Gasteiger partial charge in [0.05, 0.1) is 0 Å². The van der Waals surface area contributed by atoms with Crippen molar-refractivity contribution in [2.24, 2.45) is 22.2 Å². The highest BCUT2D eigenvalue weighted by molar-refractivity contribution is 5.13. The molecule has 19 heavy (non-hydrogen) atoms. The molecule has 112 valence electrons. The molecule has 2 N–H and O–H groups in total. The highest BCUT2D eigenvalue weighted by Gasteiger charge is 2.61. The number of hydrogen-bond donors (Lipinski definition) is 2. The summed E-state index contributed by atoms with van der Waals surface area (Å²) in [4.78, 5) is 0. The van der Waals surface area contributed by atoms with Crippen LogP contribution in [0.3, 0.4) is 0 Å². The molecule has 3 atom stereocenters. The van der Waals surface area contributed by atoms with Crippen LogP contribution in [0.5, 0.6) is 0 Å². The molecule has 3 unspecified atom stereocenters. The molecule has 2 bridgehead atoms. The van der Waals surface area contributed by atoms with E-state index >= 15 is 0 Å². The van der Waals surface area contributed by atoms with E-state index in [2.05, 4.69) is 39.9 Å². The van der Waals surface area contributed by atoms with Crippen LogP contribution in [-0.4, -0.2) is 24.3 Å². The first kappa shape index (κ1) is 15.3. The van der Waals surface area contributed by atoms with E-state index in [4.69, 9.17) is 0 Å². The number of nitrogens with one attached hydrogen (secondary N) is 1. The van der Waals surface area contributed by atoms with E-state index in [-0.39, 0.29) is 5.41 Å². The molecule has 0 amide bonds. The molecule has 0 aromatic carbocycles.